The van der Waals surface area contributed by atoms with E-state index in [0.717, 1.165) is 18.2 Å². The smallest absolute Gasteiger partial charge is 0.416 e. The van der Waals surface area contributed by atoms with Crippen LogP contribution in [-0.4, -0.2) is 11.1 Å². The van der Waals surface area contributed by atoms with Crippen LogP contribution in [0.25, 0.3) is 22.3 Å². The largest absolute Gasteiger partial charge is 0.481 e. The maximum absolute atomic E-state index is 13.8. The van der Waals surface area contributed by atoms with E-state index in [9.17, 15) is 27.5 Å². The fourth-order valence-corrected chi connectivity index (χ4v) is 3.68. The highest BCUT2D eigenvalue weighted by Gasteiger charge is 2.30. The first-order chi connectivity index (χ1) is 15.5. The first kappa shape index (κ1) is 24.0. The fraction of sp³-hybridized carbons (Fsp3) is 0.231. The van der Waals surface area contributed by atoms with Gasteiger partial charge < -0.3 is 5.11 Å². The van der Waals surface area contributed by atoms with Crippen LogP contribution in [0.1, 0.15) is 42.9 Å². The van der Waals surface area contributed by atoms with E-state index in [-0.39, 0.29) is 11.5 Å². The zero-order valence-electron chi connectivity index (χ0n) is 17.9. The maximum Gasteiger partial charge on any atom is 0.416 e. The van der Waals surface area contributed by atoms with Gasteiger partial charge >= 0.3 is 12.1 Å². The molecular formula is C26H21F4NO2. The van der Waals surface area contributed by atoms with Crippen molar-refractivity contribution in [2.45, 2.75) is 32.4 Å². The highest BCUT2D eigenvalue weighted by molar-refractivity contribution is 5.81. The highest BCUT2D eigenvalue weighted by atomic mass is 19.4. The first-order valence-corrected chi connectivity index (χ1v) is 10.2. The minimum Gasteiger partial charge on any atom is -0.481 e. The Hall–Kier alpha value is -3.66. The summed E-state index contributed by atoms with van der Waals surface area (Å²) in [5, 5.41) is 19.0. The van der Waals surface area contributed by atoms with Crippen molar-refractivity contribution in [1.29, 1.82) is 5.26 Å². The lowest BCUT2D eigenvalue weighted by Crippen LogP contribution is -2.14. The Morgan fingerprint density at radius 3 is 2.03 bits per heavy atom. The number of carboxylic acids is 1. The van der Waals surface area contributed by atoms with Crippen LogP contribution in [0.3, 0.4) is 0 Å². The second-order valence-corrected chi connectivity index (χ2v) is 8.25. The summed E-state index contributed by atoms with van der Waals surface area (Å²) in [5.41, 5.74) is 1.56. The Balaban J connectivity index is 2.20. The fourth-order valence-electron chi connectivity index (χ4n) is 3.68. The predicted octanol–water partition coefficient (Wildman–Crippen LogP) is 7.26. The van der Waals surface area contributed by atoms with Crippen LogP contribution in [0.2, 0.25) is 0 Å². The lowest BCUT2D eigenvalue weighted by atomic mass is 9.86. The summed E-state index contributed by atoms with van der Waals surface area (Å²) in [7, 11) is 0. The number of alkyl halides is 3. The van der Waals surface area contributed by atoms with E-state index in [1.165, 1.54) is 24.3 Å². The molecule has 0 aliphatic heterocycles. The van der Waals surface area contributed by atoms with Crippen LogP contribution < -0.4 is 0 Å². The molecule has 0 aliphatic carbocycles. The van der Waals surface area contributed by atoms with Crippen LogP contribution in [0, 0.1) is 23.1 Å². The number of carbonyl (C=O) groups is 1. The third-order valence-corrected chi connectivity index (χ3v) is 5.33. The zero-order chi connectivity index (χ0) is 24.3. The van der Waals surface area contributed by atoms with E-state index < -0.39 is 29.4 Å². The first-order valence-electron chi connectivity index (χ1n) is 10.2. The number of aliphatic carboxylic acids is 1. The van der Waals surface area contributed by atoms with Gasteiger partial charge in [0.15, 0.2) is 0 Å². The molecule has 0 radical (unpaired) electrons. The molecule has 0 fully saturated rings. The topological polar surface area (TPSA) is 61.1 Å². The molecule has 0 saturated heterocycles. The van der Waals surface area contributed by atoms with Gasteiger partial charge in [0.25, 0.3) is 0 Å². The van der Waals surface area contributed by atoms with Gasteiger partial charge in [-0.2, -0.15) is 18.4 Å². The molecule has 0 bridgehead atoms. The number of hydrogen-bond acceptors (Lipinski definition) is 2. The molecular weight excluding hydrogens is 434 g/mol. The molecule has 0 heterocycles. The van der Waals surface area contributed by atoms with Crippen molar-refractivity contribution in [3.05, 3.63) is 83.2 Å². The molecule has 3 aromatic carbocycles. The van der Waals surface area contributed by atoms with Crippen molar-refractivity contribution in [2.24, 2.45) is 5.92 Å². The standard InChI is InChI=1S/C26H21F4NO2/c1-15(2)9-23(25(32)33)20-12-18(16-3-6-22(7-4-16)26(28,29)30)11-19(13-20)17-5-8-24(27)21(10-17)14-31/h3-8,10-13,15,23H,9H2,1-2H3,(H,32,33). The third kappa shape index (κ3) is 5.58. The Morgan fingerprint density at radius 1 is 0.939 bits per heavy atom. The molecule has 3 rings (SSSR count). The number of halogens is 4. The van der Waals surface area contributed by atoms with Gasteiger partial charge in [0.1, 0.15) is 11.9 Å². The number of carboxylic acid groups (broad SMARTS) is 1. The lowest BCUT2D eigenvalue weighted by molar-refractivity contribution is -0.139. The molecule has 1 N–H and O–H groups in total. The third-order valence-electron chi connectivity index (χ3n) is 5.33. The second-order valence-electron chi connectivity index (χ2n) is 8.25. The average molecular weight is 455 g/mol. The molecule has 3 nitrogen and oxygen atoms in total. The number of nitriles is 1. The van der Waals surface area contributed by atoms with Crippen LogP contribution in [0.15, 0.2) is 60.7 Å². The number of rotatable bonds is 6. The molecule has 0 aliphatic rings. The molecule has 0 spiro atoms. The van der Waals surface area contributed by atoms with Gasteiger partial charge in [-0.05, 0) is 70.5 Å². The van der Waals surface area contributed by atoms with E-state index in [1.54, 1.807) is 24.3 Å². The van der Waals surface area contributed by atoms with Gasteiger partial charge in [0, 0.05) is 0 Å². The quantitative estimate of drug-likeness (QED) is 0.398. The Bertz CT molecular complexity index is 1210. The Morgan fingerprint density at radius 2 is 1.52 bits per heavy atom. The van der Waals surface area contributed by atoms with Gasteiger partial charge in [0.05, 0.1) is 17.0 Å². The molecule has 1 atom stereocenters. The molecule has 0 aromatic heterocycles. The van der Waals surface area contributed by atoms with Crippen molar-refractivity contribution in [1.82, 2.24) is 0 Å². The van der Waals surface area contributed by atoms with Gasteiger partial charge in [-0.15, -0.1) is 0 Å². The van der Waals surface area contributed by atoms with Crippen LogP contribution in [0.5, 0.6) is 0 Å². The van der Waals surface area contributed by atoms with E-state index in [0.29, 0.717) is 34.2 Å². The van der Waals surface area contributed by atoms with Crippen LogP contribution >= 0.6 is 0 Å². The number of hydrogen-bond donors (Lipinski definition) is 1. The Labute approximate surface area is 188 Å². The van der Waals surface area contributed by atoms with Crippen LogP contribution in [-0.2, 0) is 11.0 Å². The normalized spacial score (nSPS) is 12.4. The van der Waals surface area contributed by atoms with Gasteiger partial charge in [-0.25, -0.2) is 4.39 Å². The minimum atomic E-state index is -4.47. The number of benzene rings is 3. The van der Waals surface area contributed by atoms with E-state index in [2.05, 4.69) is 0 Å². The lowest BCUT2D eigenvalue weighted by Gasteiger charge is -2.18. The Kier molecular flexibility index (Phi) is 6.87. The minimum absolute atomic E-state index is 0.0836. The molecule has 0 saturated carbocycles. The van der Waals surface area contributed by atoms with Crippen molar-refractivity contribution in [3.8, 4) is 28.3 Å². The van der Waals surface area contributed by atoms with E-state index in [4.69, 9.17) is 5.26 Å². The number of nitrogens with zero attached hydrogens (tertiary/aromatic N) is 1. The molecule has 170 valence electrons. The summed E-state index contributed by atoms with van der Waals surface area (Å²) in [6, 6.07) is 15.4. The molecule has 7 heteroatoms. The van der Waals surface area contributed by atoms with Gasteiger partial charge in [0.2, 0.25) is 0 Å². The average Bonchev–Trinajstić information content (AvgIpc) is 2.76. The monoisotopic (exact) mass is 455 g/mol. The highest BCUT2D eigenvalue weighted by Crippen LogP contribution is 2.36. The maximum atomic E-state index is 13.8. The predicted molar refractivity (Wildman–Crippen MR) is 117 cm³/mol. The zero-order valence-corrected chi connectivity index (χ0v) is 17.9. The summed E-state index contributed by atoms with van der Waals surface area (Å²) < 4.78 is 52.7. The summed E-state index contributed by atoms with van der Waals surface area (Å²) >= 11 is 0. The van der Waals surface area contributed by atoms with Crippen molar-refractivity contribution in [3.63, 3.8) is 0 Å². The molecule has 1 unspecified atom stereocenters. The van der Waals surface area contributed by atoms with Crippen LogP contribution in [0.4, 0.5) is 17.6 Å². The van der Waals surface area contributed by atoms with E-state index >= 15 is 0 Å². The van der Waals surface area contributed by atoms with Crippen molar-refractivity contribution in [2.75, 3.05) is 0 Å². The van der Waals surface area contributed by atoms with Gasteiger partial charge in [-0.1, -0.05) is 44.2 Å². The summed E-state index contributed by atoms with van der Waals surface area (Å²) in [4.78, 5) is 12.0. The summed E-state index contributed by atoms with van der Waals surface area (Å²) in [5.74, 6) is -2.45. The van der Waals surface area contributed by atoms with Crippen molar-refractivity contribution < 1.29 is 27.5 Å². The molecule has 33 heavy (non-hydrogen) atoms. The van der Waals surface area contributed by atoms with Crippen molar-refractivity contribution >= 4 is 5.97 Å². The van der Waals surface area contributed by atoms with E-state index in [1.807, 2.05) is 13.8 Å². The molecule has 0 amide bonds. The summed E-state index contributed by atoms with van der Waals surface area (Å²) in [6.07, 6.45) is -4.11. The van der Waals surface area contributed by atoms with Gasteiger partial charge in [-0.3, -0.25) is 4.79 Å². The second kappa shape index (κ2) is 9.45. The summed E-state index contributed by atoms with van der Waals surface area (Å²) in [6.45, 7) is 3.80. The molecule has 3 aromatic rings. The SMILES string of the molecule is CC(C)CC(C(=O)O)c1cc(-c2ccc(C(F)(F)F)cc2)cc(-c2ccc(F)c(C#N)c2)c1.